The average molecular weight is 280 g/mol. The first-order valence-electron chi connectivity index (χ1n) is 8.32. The molecule has 1 aliphatic heterocycles. The highest BCUT2D eigenvalue weighted by molar-refractivity contribution is 5.86. The molecule has 0 aromatic heterocycles. The summed E-state index contributed by atoms with van der Waals surface area (Å²) in [5.41, 5.74) is 5.90. The molecule has 0 radical (unpaired) electrons. The van der Waals surface area contributed by atoms with Crippen LogP contribution in [0, 0.1) is 5.92 Å². The molecule has 2 aliphatic carbocycles. The largest absolute Gasteiger partial charge is 0.374 e. The molecule has 4 unspecified atom stereocenters. The molecule has 1 saturated heterocycles. The van der Waals surface area contributed by atoms with Gasteiger partial charge in [0.15, 0.2) is 0 Å². The van der Waals surface area contributed by atoms with Gasteiger partial charge in [-0.3, -0.25) is 4.79 Å². The van der Waals surface area contributed by atoms with Gasteiger partial charge in [0, 0.05) is 6.54 Å². The average Bonchev–Trinajstić information content (AvgIpc) is 2.45. The maximum Gasteiger partial charge on any atom is 0.243 e. The quantitative estimate of drug-likeness (QED) is 0.800. The predicted octanol–water partition coefficient (Wildman–Crippen LogP) is 2.06. The third kappa shape index (κ3) is 2.60. The summed E-state index contributed by atoms with van der Waals surface area (Å²) in [6.45, 7) is 3.63. The van der Waals surface area contributed by atoms with Gasteiger partial charge in [0.1, 0.15) is 0 Å². The van der Waals surface area contributed by atoms with Crippen LogP contribution in [0.4, 0.5) is 0 Å². The number of hydrogen-bond donors (Lipinski definition) is 1. The van der Waals surface area contributed by atoms with Gasteiger partial charge in [0.2, 0.25) is 5.91 Å². The van der Waals surface area contributed by atoms with E-state index in [4.69, 9.17) is 10.5 Å². The lowest BCUT2D eigenvalue weighted by atomic mass is 9.75. The number of fused-ring (bicyclic) bond motifs is 1. The van der Waals surface area contributed by atoms with Crippen molar-refractivity contribution in [2.75, 3.05) is 13.2 Å². The number of morpholine rings is 1. The van der Waals surface area contributed by atoms with Crippen molar-refractivity contribution in [1.82, 2.24) is 4.90 Å². The zero-order valence-electron chi connectivity index (χ0n) is 12.6. The number of carbonyl (C=O) groups is 1. The second kappa shape index (κ2) is 5.64. The van der Waals surface area contributed by atoms with E-state index in [2.05, 4.69) is 11.8 Å². The Hall–Kier alpha value is -0.610. The lowest BCUT2D eigenvalue weighted by molar-refractivity contribution is -0.156. The van der Waals surface area contributed by atoms with Crippen LogP contribution in [0.5, 0.6) is 0 Å². The summed E-state index contributed by atoms with van der Waals surface area (Å²) >= 11 is 0. The molecule has 0 spiro atoms. The molecular weight excluding hydrogens is 252 g/mol. The van der Waals surface area contributed by atoms with Gasteiger partial charge < -0.3 is 15.4 Å². The van der Waals surface area contributed by atoms with E-state index < -0.39 is 5.54 Å². The van der Waals surface area contributed by atoms with Crippen LogP contribution in [0.25, 0.3) is 0 Å². The Kier molecular flexibility index (Phi) is 4.04. The molecule has 114 valence electrons. The van der Waals surface area contributed by atoms with Gasteiger partial charge in [-0.1, -0.05) is 32.6 Å². The first-order valence-corrected chi connectivity index (χ1v) is 8.32. The molecule has 2 saturated carbocycles. The Morgan fingerprint density at radius 3 is 2.85 bits per heavy atom. The summed E-state index contributed by atoms with van der Waals surface area (Å²) in [5.74, 6) is 0.769. The molecule has 3 fully saturated rings. The first kappa shape index (κ1) is 14.3. The van der Waals surface area contributed by atoms with Crippen molar-refractivity contribution in [1.29, 1.82) is 0 Å². The number of nitrogens with zero attached hydrogens (tertiary/aromatic N) is 1. The normalized spacial score (nSPS) is 42.1. The van der Waals surface area contributed by atoms with Crippen LogP contribution in [0.1, 0.15) is 58.3 Å². The molecule has 4 atom stereocenters. The van der Waals surface area contributed by atoms with Crippen LogP contribution in [-0.4, -0.2) is 41.6 Å². The van der Waals surface area contributed by atoms with Crippen LogP contribution in [-0.2, 0) is 9.53 Å². The van der Waals surface area contributed by atoms with Crippen molar-refractivity contribution >= 4 is 5.91 Å². The number of nitrogens with two attached hydrogens (primary N) is 1. The highest BCUT2D eigenvalue weighted by Gasteiger charge is 2.45. The van der Waals surface area contributed by atoms with Gasteiger partial charge in [-0.05, 0) is 31.6 Å². The standard InChI is InChI=1S/C16H28N2O2/c1-12-5-4-8-16(17,11-12)15(19)18-9-10-20-14-7-3-2-6-13(14)18/h12-14H,2-11,17H2,1H3. The molecule has 4 heteroatoms. The molecular formula is C16H28N2O2. The van der Waals surface area contributed by atoms with Crippen molar-refractivity contribution in [3.63, 3.8) is 0 Å². The number of amides is 1. The predicted molar refractivity (Wildman–Crippen MR) is 78.3 cm³/mol. The maximum atomic E-state index is 13.0. The molecule has 20 heavy (non-hydrogen) atoms. The monoisotopic (exact) mass is 280 g/mol. The number of ether oxygens (including phenoxy) is 1. The summed E-state index contributed by atoms with van der Waals surface area (Å²) in [4.78, 5) is 15.1. The highest BCUT2D eigenvalue weighted by atomic mass is 16.5. The molecule has 4 nitrogen and oxygen atoms in total. The van der Waals surface area contributed by atoms with Gasteiger partial charge in [-0.15, -0.1) is 0 Å². The molecule has 0 aromatic carbocycles. The Morgan fingerprint density at radius 2 is 2.05 bits per heavy atom. The fourth-order valence-corrected chi connectivity index (χ4v) is 4.42. The zero-order chi connectivity index (χ0) is 14.2. The fraction of sp³-hybridized carbons (Fsp3) is 0.938. The first-order chi connectivity index (χ1) is 9.60. The van der Waals surface area contributed by atoms with E-state index in [1.807, 2.05) is 0 Å². The molecule has 0 aromatic rings. The van der Waals surface area contributed by atoms with Crippen molar-refractivity contribution in [2.45, 2.75) is 76.0 Å². The minimum Gasteiger partial charge on any atom is -0.374 e. The maximum absolute atomic E-state index is 13.0. The molecule has 3 aliphatic rings. The van der Waals surface area contributed by atoms with E-state index in [0.717, 1.165) is 38.6 Å². The number of hydrogen-bond acceptors (Lipinski definition) is 3. The minimum atomic E-state index is -0.614. The number of carbonyl (C=O) groups excluding carboxylic acids is 1. The summed E-state index contributed by atoms with van der Waals surface area (Å²) < 4.78 is 5.87. The summed E-state index contributed by atoms with van der Waals surface area (Å²) in [5, 5.41) is 0. The highest BCUT2D eigenvalue weighted by Crippen LogP contribution is 2.35. The van der Waals surface area contributed by atoms with E-state index in [0.29, 0.717) is 12.5 Å². The zero-order valence-corrected chi connectivity index (χ0v) is 12.6. The van der Waals surface area contributed by atoms with Gasteiger partial charge >= 0.3 is 0 Å². The van der Waals surface area contributed by atoms with Gasteiger partial charge in [-0.2, -0.15) is 0 Å². The van der Waals surface area contributed by atoms with E-state index in [9.17, 15) is 4.79 Å². The van der Waals surface area contributed by atoms with Crippen molar-refractivity contribution < 1.29 is 9.53 Å². The smallest absolute Gasteiger partial charge is 0.243 e. The van der Waals surface area contributed by atoms with Crippen LogP contribution < -0.4 is 5.73 Å². The lowest BCUT2D eigenvalue weighted by Gasteiger charge is -2.48. The lowest BCUT2D eigenvalue weighted by Crippen LogP contribution is -2.64. The summed E-state index contributed by atoms with van der Waals surface area (Å²) in [6, 6.07) is 0.280. The second-order valence-electron chi connectivity index (χ2n) is 7.12. The van der Waals surface area contributed by atoms with E-state index in [-0.39, 0.29) is 18.1 Å². The fourth-order valence-electron chi connectivity index (χ4n) is 4.42. The van der Waals surface area contributed by atoms with Crippen LogP contribution in [0.3, 0.4) is 0 Å². The van der Waals surface area contributed by atoms with Crippen molar-refractivity contribution in [3.05, 3.63) is 0 Å². The summed E-state index contributed by atoms with van der Waals surface area (Å²) in [7, 11) is 0. The second-order valence-corrected chi connectivity index (χ2v) is 7.12. The van der Waals surface area contributed by atoms with Crippen molar-refractivity contribution in [2.24, 2.45) is 11.7 Å². The third-order valence-electron chi connectivity index (χ3n) is 5.45. The Labute approximate surface area is 122 Å². The van der Waals surface area contributed by atoms with E-state index >= 15 is 0 Å². The van der Waals surface area contributed by atoms with Crippen LogP contribution >= 0.6 is 0 Å². The van der Waals surface area contributed by atoms with Crippen LogP contribution in [0.2, 0.25) is 0 Å². The molecule has 2 N–H and O–H groups in total. The van der Waals surface area contributed by atoms with Gasteiger partial charge in [-0.25, -0.2) is 0 Å². The topological polar surface area (TPSA) is 55.6 Å². The minimum absolute atomic E-state index is 0.198. The molecule has 1 heterocycles. The van der Waals surface area contributed by atoms with E-state index in [1.165, 1.54) is 19.3 Å². The Balaban J connectivity index is 1.74. The van der Waals surface area contributed by atoms with E-state index in [1.54, 1.807) is 0 Å². The van der Waals surface area contributed by atoms with Gasteiger partial charge in [0.05, 0.1) is 24.3 Å². The molecule has 0 bridgehead atoms. The molecule has 3 rings (SSSR count). The summed E-state index contributed by atoms with van der Waals surface area (Å²) in [6.07, 6.45) is 8.88. The third-order valence-corrected chi connectivity index (χ3v) is 5.45. The SMILES string of the molecule is CC1CCCC(N)(C(=O)N2CCOC3CCCCC32)C1. The van der Waals surface area contributed by atoms with Crippen molar-refractivity contribution in [3.8, 4) is 0 Å². The Morgan fingerprint density at radius 1 is 1.25 bits per heavy atom. The van der Waals surface area contributed by atoms with Gasteiger partial charge in [0.25, 0.3) is 0 Å². The molecule has 1 amide bonds. The van der Waals surface area contributed by atoms with Crippen LogP contribution in [0.15, 0.2) is 0 Å². The number of rotatable bonds is 1. The Bertz CT molecular complexity index is 371.